The number of nitrogens with two attached hydrogens (primary N) is 1. The van der Waals surface area contributed by atoms with Gasteiger partial charge in [0, 0.05) is 37.8 Å². The van der Waals surface area contributed by atoms with Gasteiger partial charge in [0.25, 0.3) is 0 Å². The quantitative estimate of drug-likeness (QED) is 0.212. The van der Waals surface area contributed by atoms with Crippen LogP contribution >= 0.6 is 10.6 Å². The molecule has 5 aliphatic carbocycles. The lowest BCUT2D eigenvalue weighted by Gasteiger charge is -2.72. The molecule has 5 fully saturated rings. The van der Waals surface area contributed by atoms with E-state index in [4.69, 9.17) is 5.73 Å². The van der Waals surface area contributed by atoms with Crippen molar-refractivity contribution in [2.24, 2.45) is 51.1 Å². The van der Waals surface area contributed by atoms with Gasteiger partial charge in [-0.15, -0.1) is 0 Å². The summed E-state index contributed by atoms with van der Waals surface area (Å²) in [5, 5.41) is 13.6. The van der Waals surface area contributed by atoms with Crippen LogP contribution in [-0.2, 0) is 0 Å². The minimum atomic E-state index is -2.36. The Morgan fingerprint density at radius 1 is 0.915 bits per heavy atom. The number of hydrogen-bond donors (Lipinski definition) is 5. The lowest BCUT2D eigenvalue weighted by Crippen LogP contribution is -2.69. The van der Waals surface area contributed by atoms with Gasteiger partial charge < -0.3 is 16.2 Å². The lowest BCUT2D eigenvalue weighted by atomic mass is 9.33. The van der Waals surface area contributed by atoms with Crippen molar-refractivity contribution in [3.05, 3.63) is 41.5 Å². The number of fused-ring (bicyclic) bond motifs is 7. The van der Waals surface area contributed by atoms with Gasteiger partial charge >= 0.3 is 5.97 Å². The fourth-order valence-corrected chi connectivity index (χ4v) is 14.6. The van der Waals surface area contributed by atoms with Gasteiger partial charge in [0.1, 0.15) is 0 Å². The molecule has 1 aromatic rings. The van der Waals surface area contributed by atoms with Crippen molar-refractivity contribution in [1.82, 2.24) is 10.2 Å². The summed E-state index contributed by atoms with van der Waals surface area (Å²) in [4.78, 5) is 13.9. The van der Waals surface area contributed by atoms with Crippen molar-refractivity contribution >= 4 is 22.1 Å². The van der Waals surface area contributed by atoms with E-state index in [1.54, 1.807) is 12.1 Å². The Bertz CT molecular complexity index is 1400. The van der Waals surface area contributed by atoms with Gasteiger partial charge in [-0.3, -0.25) is 14.0 Å². The summed E-state index contributed by atoms with van der Waals surface area (Å²) >= 11 is 0. The highest BCUT2D eigenvalue weighted by molar-refractivity contribution is 8.24. The first-order valence-electron chi connectivity index (χ1n) is 18.6. The Kier molecular flexibility index (Phi) is 8.37. The summed E-state index contributed by atoms with van der Waals surface area (Å²) in [5.41, 5.74) is 11.0. The van der Waals surface area contributed by atoms with Crippen molar-refractivity contribution in [1.29, 1.82) is 0 Å². The molecule has 1 saturated heterocycles. The summed E-state index contributed by atoms with van der Waals surface area (Å²) < 4.78 is 20.1. The maximum Gasteiger partial charge on any atom is 0.335 e. The van der Waals surface area contributed by atoms with Crippen LogP contribution in [0.25, 0.3) is 5.57 Å². The Labute approximate surface area is 284 Å². The van der Waals surface area contributed by atoms with Crippen LogP contribution in [0.3, 0.4) is 0 Å². The number of nitrogens with one attached hydrogen (secondary N) is 1. The van der Waals surface area contributed by atoms with Crippen LogP contribution in [0.15, 0.2) is 30.3 Å². The number of aromatic carboxylic acids is 1. The average molecular weight is 668 g/mol. The number of hydrogen-bond acceptors (Lipinski definition) is 6. The normalized spacial score (nSPS) is 44.7. The number of carboxylic acid groups (broad SMARTS) is 1. The predicted octanol–water partition coefficient (Wildman–Crippen LogP) is 7.58. The predicted molar refractivity (Wildman–Crippen MR) is 193 cm³/mol. The van der Waals surface area contributed by atoms with Gasteiger partial charge in [-0.25, -0.2) is 4.79 Å². The van der Waals surface area contributed by atoms with Crippen molar-refractivity contribution in [3.63, 3.8) is 0 Å². The van der Waals surface area contributed by atoms with Crippen LogP contribution in [-0.4, -0.2) is 74.3 Å². The van der Waals surface area contributed by atoms with E-state index in [1.165, 1.54) is 56.1 Å². The molecule has 1 aromatic carbocycles. The summed E-state index contributed by atoms with van der Waals surface area (Å²) in [7, 11) is -2.36. The molecule has 262 valence electrons. The zero-order valence-corrected chi connectivity index (χ0v) is 30.4. The smallest absolute Gasteiger partial charge is 0.335 e. The van der Waals surface area contributed by atoms with Crippen LogP contribution in [0, 0.1) is 45.3 Å². The SMILES string of the molecule is CC1(C)C(c2ccc(C(=O)O)cc2)=CC[C@]2(C)[C@H]3CC[C@@H]4[C@H]5[C@H](N)CC[C@]5(NCCN5CCS(O)(O)CC5)CC[C@@]4(C)[C@]3(C)CC[C@@H]12. The Hall–Kier alpha value is -1.42. The monoisotopic (exact) mass is 667 g/mol. The third-order valence-electron chi connectivity index (χ3n) is 15.9. The molecule has 4 saturated carbocycles. The second-order valence-electron chi connectivity index (χ2n) is 18.0. The van der Waals surface area contributed by atoms with Crippen LogP contribution < -0.4 is 11.1 Å². The van der Waals surface area contributed by atoms with E-state index in [-0.39, 0.29) is 33.2 Å². The first kappa shape index (κ1) is 34.0. The van der Waals surface area contributed by atoms with E-state index < -0.39 is 16.6 Å². The summed E-state index contributed by atoms with van der Waals surface area (Å²) in [6, 6.07) is 7.83. The zero-order valence-electron chi connectivity index (χ0n) is 29.6. The molecule has 0 spiro atoms. The molecule has 0 radical (unpaired) electrons. The molecule has 0 bridgehead atoms. The Morgan fingerprint density at radius 3 is 2.30 bits per heavy atom. The molecule has 1 heterocycles. The largest absolute Gasteiger partial charge is 0.478 e. The topological polar surface area (TPSA) is 119 Å². The van der Waals surface area contributed by atoms with Crippen molar-refractivity contribution in [2.75, 3.05) is 37.7 Å². The Balaban J connectivity index is 1.11. The van der Waals surface area contributed by atoms with Crippen LogP contribution in [0.5, 0.6) is 0 Å². The highest BCUT2D eigenvalue weighted by atomic mass is 32.3. The van der Waals surface area contributed by atoms with Crippen LogP contribution in [0.2, 0.25) is 0 Å². The highest BCUT2D eigenvalue weighted by Gasteiger charge is 2.70. The third kappa shape index (κ3) is 5.21. The fourth-order valence-electron chi connectivity index (χ4n) is 13.3. The Morgan fingerprint density at radius 2 is 1.62 bits per heavy atom. The number of benzene rings is 1. The van der Waals surface area contributed by atoms with E-state index in [1.807, 2.05) is 12.1 Å². The van der Waals surface area contributed by atoms with Gasteiger partial charge in [0.2, 0.25) is 0 Å². The number of allylic oxidation sites excluding steroid dienone is 2. The van der Waals surface area contributed by atoms with Gasteiger partial charge in [-0.2, -0.15) is 10.6 Å². The second kappa shape index (κ2) is 11.6. The molecular weight excluding hydrogens is 607 g/mol. The minimum absolute atomic E-state index is 0.0157. The molecule has 8 heteroatoms. The highest BCUT2D eigenvalue weighted by Crippen LogP contribution is 2.76. The van der Waals surface area contributed by atoms with Crippen molar-refractivity contribution in [3.8, 4) is 0 Å². The molecule has 0 amide bonds. The lowest BCUT2D eigenvalue weighted by molar-refractivity contribution is -0.218. The van der Waals surface area contributed by atoms with Gasteiger partial charge in [0.05, 0.1) is 17.1 Å². The molecule has 9 atom stereocenters. The van der Waals surface area contributed by atoms with Crippen LogP contribution in [0.1, 0.15) is 108 Å². The molecule has 7 rings (SSSR count). The van der Waals surface area contributed by atoms with E-state index in [0.29, 0.717) is 40.7 Å². The van der Waals surface area contributed by atoms with Gasteiger partial charge in [0.15, 0.2) is 0 Å². The molecule has 1 aliphatic heterocycles. The maximum atomic E-state index is 11.5. The van der Waals surface area contributed by atoms with E-state index in [9.17, 15) is 19.0 Å². The fraction of sp³-hybridized carbons (Fsp3) is 0.769. The molecule has 0 aromatic heterocycles. The maximum absolute atomic E-state index is 11.5. The number of rotatable bonds is 6. The standard InChI is InChI=1S/C39H61N3O4S/c1-35(2)28(26-6-8-27(9-7-26)34(43)44)12-15-36(3)31(35)14-16-38(5)32(36)11-10-29-33-30(40)13-17-39(33,19-18-37(29,38)4)41-20-21-42-22-24-47(45,46)25-23-42/h6-9,12,29-33,41,45-46H,10-11,13-25,40H2,1-5H3,(H,43,44)/t29-,30-,31+,32-,33+,36+,37-,38-,39+/m1/s1. The molecule has 6 N–H and O–H groups in total. The van der Waals surface area contributed by atoms with Gasteiger partial charge in [-0.1, -0.05) is 52.8 Å². The summed E-state index contributed by atoms with van der Waals surface area (Å²) in [5.74, 6) is 2.57. The molecule has 0 unspecified atom stereocenters. The zero-order chi connectivity index (χ0) is 33.6. The molecule has 7 nitrogen and oxygen atoms in total. The van der Waals surface area contributed by atoms with Crippen LogP contribution in [0.4, 0.5) is 0 Å². The van der Waals surface area contributed by atoms with Crippen molar-refractivity contribution in [2.45, 2.75) is 104 Å². The van der Waals surface area contributed by atoms with E-state index in [2.05, 4.69) is 50.9 Å². The van der Waals surface area contributed by atoms with E-state index >= 15 is 0 Å². The van der Waals surface area contributed by atoms with Gasteiger partial charge in [-0.05, 0) is 126 Å². The molecular formula is C39H61N3O4S. The average Bonchev–Trinajstić information content (AvgIpc) is 3.34. The van der Waals surface area contributed by atoms with E-state index in [0.717, 1.165) is 39.0 Å². The summed E-state index contributed by atoms with van der Waals surface area (Å²) in [6.45, 7) is 16.4. The molecule has 47 heavy (non-hydrogen) atoms. The first-order chi connectivity index (χ1) is 22.1. The first-order valence-corrected chi connectivity index (χ1v) is 20.5. The number of carboxylic acids is 1. The molecule has 6 aliphatic rings. The summed E-state index contributed by atoms with van der Waals surface area (Å²) in [6.07, 6.45) is 13.5. The third-order valence-corrected chi connectivity index (χ3v) is 17.6. The minimum Gasteiger partial charge on any atom is -0.478 e. The number of carbonyl (C=O) groups is 1. The number of nitrogens with zero attached hydrogens (tertiary/aromatic N) is 1. The van der Waals surface area contributed by atoms with Crippen molar-refractivity contribution < 1.29 is 19.0 Å². The second-order valence-corrected chi connectivity index (χ2v) is 20.4.